The number of aliphatic hydroxyl groups is 1. The number of nitrogens with zero attached hydrogens (tertiary/aromatic N) is 1. The molecule has 0 radical (unpaired) electrons. The summed E-state index contributed by atoms with van der Waals surface area (Å²) in [6, 6.07) is 0. The predicted molar refractivity (Wildman–Crippen MR) is 147 cm³/mol. The lowest BCUT2D eigenvalue weighted by Crippen LogP contribution is -2.22. The van der Waals surface area contributed by atoms with Crippen LogP contribution in [0.1, 0.15) is 142 Å². The van der Waals surface area contributed by atoms with Gasteiger partial charge in [-0.2, -0.15) is 0 Å². The Balaban J connectivity index is 1.67. The van der Waals surface area contributed by atoms with Gasteiger partial charge >= 0.3 is 0 Å². The van der Waals surface area contributed by atoms with Crippen molar-refractivity contribution in [1.82, 2.24) is 4.90 Å². The molecule has 1 atom stereocenters. The highest BCUT2D eigenvalue weighted by atomic mass is 16.5. The summed E-state index contributed by atoms with van der Waals surface area (Å²) >= 11 is 0. The largest absolute Gasteiger partial charge is 0.388 e. The average molecular weight is 484 g/mol. The Kier molecular flexibility index (Phi) is 24.3. The fraction of sp³-hybridized carbons (Fsp3) is 1.00. The first-order valence-electron chi connectivity index (χ1n) is 15.4. The summed E-state index contributed by atoms with van der Waals surface area (Å²) < 4.78 is 11.3. The van der Waals surface area contributed by atoms with Gasteiger partial charge in [-0.25, -0.2) is 0 Å². The van der Waals surface area contributed by atoms with Crippen LogP contribution in [0.3, 0.4) is 0 Å². The number of rotatable bonds is 27. The minimum atomic E-state index is -0.480. The van der Waals surface area contributed by atoms with Gasteiger partial charge in [0.25, 0.3) is 0 Å². The van der Waals surface area contributed by atoms with E-state index in [-0.39, 0.29) is 0 Å². The zero-order chi connectivity index (χ0) is 24.4. The molecule has 1 rings (SSSR count). The van der Waals surface area contributed by atoms with Crippen LogP contribution in [0.2, 0.25) is 0 Å². The molecule has 1 heterocycles. The van der Waals surface area contributed by atoms with E-state index in [2.05, 4.69) is 11.8 Å². The van der Waals surface area contributed by atoms with Crippen molar-refractivity contribution in [3.05, 3.63) is 0 Å². The number of unbranched alkanes of at least 4 members (excludes halogenated alkanes) is 17. The van der Waals surface area contributed by atoms with E-state index < -0.39 is 6.10 Å². The number of hydrogen-bond acceptors (Lipinski definition) is 4. The van der Waals surface area contributed by atoms with Gasteiger partial charge < -0.3 is 19.5 Å². The summed E-state index contributed by atoms with van der Waals surface area (Å²) in [5.41, 5.74) is 0. The van der Waals surface area contributed by atoms with Gasteiger partial charge in [0, 0.05) is 13.2 Å². The van der Waals surface area contributed by atoms with Crippen LogP contribution < -0.4 is 0 Å². The first-order valence-corrected chi connectivity index (χ1v) is 15.4. The van der Waals surface area contributed by atoms with E-state index in [0.717, 1.165) is 26.1 Å². The van der Waals surface area contributed by atoms with E-state index in [1.807, 2.05) is 0 Å². The number of likely N-dealkylation sites (tertiary alicyclic amines) is 1. The highest BCUT2D eigenvalue weighted by molar-refractivity contribution is 4.65. The molecule has 1 fully saturated rings. The Morgan fingerprint density at radius 1 is 0.559 bits per heavy atom. The maximum atomic E-state index is 9.99. The molecule has 1 saturated heterocycles. The second kappa shape index (κ2) is 25.9. The molecule has 4 nitrogen and oxygen atoms in total. The van der Waals surface area contributed by atoms with Crippen LogP contribution in [0.5, 0.6) is 0 Å². The molecule has 1 N–H and O–H groups in total. The number of hydrogen-bond donors (Lipinski definition) is 1. The van der Waals surface area contributed by atoms with Gasteiger partial charge in [0.05, 0.1) is 13.2 Å². The summed E-state index contributed by atoms with van der Waals surface area (Å²) in [6.45, 7) is 8.58. The SMILES string of the molecule is CCCCCCCCCCCCCCCCOC[C@H](O)COCCCCCCCN1CCCC1. The van der Waals surface area contributed by atoms with Crippen molar-refractivity contribution in [2.24, 2.45) is 0 Å². The first-order chi connectivity index (χ1) is 16.8. The van der Waals surface area contributed by atoms with Crippen molar-refractivity contribution in [3.63, 3.8) is 0 Å². The predicted octanol–water partition coefficient (Wildman–Crippen LogP) is 7.91. The molecule has 0 aliphatic carbocycles. The summed E-state index contributed by atoms with van der Waals surface area (Å²) in [7, 11) is 0. The smallest absolute Gasteiger partial charge is 0.101 e. The third kappa shape index (κ3) is 22.3. The molecule has 34 heavy (non-hydrogen) atoms. The van der Waals surface area contributed by atoms with Crippen molar-refractivity contribution < 1.29 is 14.6 Å². The Morgan fingerprint density at radius 2 is 0.941 bits per heavy atom. The summed E-state index contributed by atoms with van der Waals surface area (Å²) in [4.78, 5) is 2.60. The van der Waals surface area contributed by atoms with Gasteiger partial charge in [-0.1, -0.05) is 110 Å². The van der Waals surface area contributed by atoms with Gasteiger partial charge in [-0.3, -0.25) is 0 Å². The Morgan fingerprint density at radius 3 is 1.38 bits per heavy atom. The molecular formula is C30H61NO3. The van der Waals surface area contributed by atoms with Gasteiger partial charge in [0.2, 0.25) is 0 Å². The lowest BCUT2D eigenvalue weighted by Gasteiger charge is -2.14. The molecule has 0 unspecified atom stereocenters. The van der Waals surface area contributed by atoms with Crippen molar-refractivity contribution in [1.29, 1.82) is 0 Å². The van der Waals surface area contributed by atoms with Crippen molar-refractivity contribution in [2.45, 2.75) is 148 Å². The van der Waals surface area contributed by atoms with Crippen molar-refractivity contribution >= 4 is 0 Å². The third-order valence-corrected chi connectivity index (χ3v) is 7.22. The molecule has 0 bridgehead atoms. The van der Waals surface area contributed by atoms with Gasteiger partial charge in [0.15, 0.2) is 0 Å². The summed E-state index contributed by atoms with van der Waals surface area (Å²) in [5.74, 6) is 0. The molecular weight excluding hydrogens is 422 g/mol. The fourth-order valence-electron chi connectivity index (χ4n) is 4.96. The topological polar surface area (TPSA) is 41.9 Å². The van der Waals surface area contributed by atoms with Crippen LogP contribution in [0.15, 0.2) is 0 Å². The number of ether oxygens (including phenoxy) is 2. The normalized spacial score (nSPS) is 15.4. The molecule has 204 valence electrons. The molecule has 1 aliphatic heterocycles. The standard InChI is InChI=1S/C30H61NO3/c1-2-3-4-5-6-7-8-9-10-11-12-13-16-21-26-33-28-30(32)29-34-27-22-17-14-15-18-23-31-24-19-20-25-31/h30,32H,2-29H2,1H3/t30-/m0/s1. The van der Waals surface area contributed by atoms with Gasteiger partial charge in [0.1, 0.15) is 6.10 Å². The van der Waals surface area contributed by atoms with E-state index >= 15 is 0 Å². The minimum absolute atomic E-state index is 0.410. The molecule has 0 aromatic heterocycles. The first kappa shape index (κ1) is 31.9. The molecule has 0 amide bonds. The monoisotopic (exact) mass is 483 g/mol. The van der Waals surface area contributed by atoms with Crippen LogP contribution in [0.25, 0.3) is 0 Å². The van der Waals surface area contributed by atoms with E-state index in [1.54, 1.807) is 0 Å². The zero-order valence-electron chi connectivity index (χ0n) is 23.1. The van der Waals surface area contributed by atoms with Gasteiger partial charge in [-0.05, 0) is 51.7 Å². The van der Waals surface area contributed by atoms with Crippen LogP contribution in [-0.2, 0) is 9.47 Å². The van der Waals surface area contributed by atoms with Crippen molar-refractivity contribution in [2.75, 3.05) is 46.1 Å². The van der Waals surface area contributed by atoms with Crippen LogP contribution >= 0.6 is 0 Å². The second-order valence-corrected chi connectivity index (χ2v) is 10.7. The molecule has 0 aromatic rings. The summed E-state index contributed by atoms with van der Waals surface area (Å²) in [6.07, 6.45) is 27.9. The fourth-order valence-corrected chi connectivity index (χ4v) is 4.96. The van der Waals surface area contributed by atoms with Crippen LogP contribution in [0, 0.1) is 0 Å². The van der Waals surface area contributed by atoms with E-state index in [1.165, 1.54) is 142 Å². The lowest BCUT2D eigenvalue weighted by molar-refractivity contribution is -0.0201. The van der Waals surface area contributed by atoms with Gasteiger partial charge in [-0.15, -0.1) is 0 Å². The quantitative estimate of drug-likeness (QED) is 0.121. The molecule has 1 aliphatic rings. The third-order valence-electron chi connectivity index (χ3n) is 7.22. The average Bonchev–Trinajstić information content (AvgIpc) is 3.36. The van der Waals surface area contributed by atoms with E-state index in [4.69, 9.17) is 9.47 Å². The van der Waals surface area contributed by atoms with E-state index in [9.17, 15) is 5.11 Å². The van der Waals surface area contributed by atoms with Crippen LogP contribution in [-0.4, -0.2) is 62.2 Å². The lowest BCUT2D eigenvalue weighted by atomic mass is 10.0. The summed E-state index contributed by atoms with van der Waals surface area (Å²) in [5, 5.41) is 9.99. The van der Waals surface area contributed by atoms with Crippen LogP contribution in [0.4, 0.5) is 0 Å². The molecule has 4 heteroatoms. The molecule has 0 saturated carbocycles. The zero-order valence-corrected chi connectivity index (χ0v) is 23.1. The maximum absolute atomic E-state index is 9.99. The number of aliphatic hydroxyl groups excluding tert-OH is 1. The van der Waals surface area contributed by atoms with E-state index in [0.29, 0.717) is 13.2 Å². The minimum Gasteiger partial charge on any atom is -0.388 e. The molecule has 0 aromatic carbocycles. The maximum Gasteiger partial charge on any atom is 0.101 e. The highest BCUT2D eigenvalue weighted by Crippen LogP contribution is 2.13. The Bertz CT molecular complexity index is 387. The Hall–Kier alpha value is -0.160. The second-order valence-electron chi connectivity index (χ2n) is 10.7. The van der Waals surface area contributed by atoms with Crippen molar-refractivity contribution in [3.8, 4) is 0 Å². The molecule has 0 spiro atoms. The Labute approximate surface area is 213 Å². The highest BCUT2D eigenvalue weighted by Gasteiger charge is 2.10.